The van der Waals surface area contributed by atoms with E-state index in [9.17, 15) is 25.0 Å². The van der Waals surface area contributed by atoms with Crippen LogP contribution < -0.4 is 15.8 Å². The van der Waals surface area contributed by atoms with Gasteiger partial charge in [-0.3, -0.25) is 35.9 Å². The van der Waals surface area contributed by atoms with Crippen LogP contribution in [0.2, 0.25) is 5.02 Å². The zero-order chi connectivity index (χ0) is 22.5. The summed E-state index contributed by atoms with van der Waals surface area (Å²) in [6, 6.07) is 12.3. The third-order valence-electron chi connectivity index (χ3n) is 4.15. The number of hydrogen-bond donors (Lipinski definition) is 2. The number of para-hydroxylation sites is 1. The number of nitro benzene ring substituents is 1. The van der Waals surface area contributed by atoms with Gasteiger partial charge in [-0.1, -0.05) is 29.8 Å². The van der Waals surface area contributed by atoms with E-state index in [0.29, 0.717) is 5.69 Å². The number of hydrogen-bond acceptors (Lipinski definition) is 9. The summed E-state index contributed by atoms with van der Waals surface area (Å²) in [6.45, 7) is 0. The van der Waals surface area contributed by atoms with Crippen LogP contribution >= 0.6 is 11.6 Å². The second-order valence-electron chi connectivity index (χ2n) is 6.05. The molecule has 1 heterocycles. The molecule has 2 N–H and O–H groups in total. The average molecular weight is 444 g/mol. The van der Waals surface area contributed by atoms with Crippen LogP contribution in [0.1, 0.15) is 10.4 Å². The van der Waals surface area contributed by atoms with Crippen LogP contribution in [0.4, 0.5) is 28.7 Å². The Morgan fingerprint density at radius 3 is 2.42 bits per heavy atom. The highest BCUT2D eigenvalue weighted by Gasteiger charge is 2.27. The molecule has 1 amide bonds. The van der Waals surface area contributed by atoms with Crippen LogP contribution in [0, 0.1) is 20.2 Å². The molecule has 0 saturated carbocycles. The van der Waals surface area contributed by atoms with Crippen LogP contribution in [0.25, 0.3) is 0 Å². The Bertz CT molecular complexity index is 1160. The molecule has 2 aromatic carbocycles. The number of rotatable bonds is 7. The molecule has 0 fully saturated rings. The predicted molar refractivity (Wildman–Crippen MR) is 112 cm³/mol. The first-order valence-corrected chi connectivity index (χ1v) is 8.96. The lowest BCUT2D eigenvalue weighted by atomic mass is 10.2. The van der Waals surface area contributed by atoms with Crippen LogP contribution in [0.3, 0.4) is 0 Å². The van der Waals surface area contributed by atoms with E-state index >= 15 is 0 Å². The molecule has 3 aromatic rings. The molecular formula is C18H14ClN7O5. The molecule has 0 saturated heterocycles. The van der Waals surface area contributed by atoms with Crippen LogP contribution in [-0.2, 0) is 0 Å². The number of carbonyl (C=O) groups excluding carboxylic acids is 1. The average Bonchev–Trinajstić information content (AvgIpc) is 2.77. The molecule has 0 radical (unpaired) electrons. The van der Waals surface area contributed by atoms with Crippen LogP contribution in [0.5, 0.6) is 0 Å². The zero-order valence-corrected chi connectivity index (χ0v) is 16.6. The number of amides is 1. The van der Waals surface area contributed by atoms with E-state index in [1.165, 1.54) is 17.0 Å². The summed E-state index contributed by atoms with van der Waals surface area (Å²) in [5.41, 5.74) is 4.25. The maximum absolute atomic E-state index is 12.4. The molecule has 0 aliphatic heterocycles. The first-order valence-electron chi connectivity index (χ1n) is 8.58. The first-order chi connectivity index (χ1) is 14.8. The molecule has 31 heavy (non-hydrogen) atoms. The normalized spacial score (nSPS) is 10.3. The Kier molecular flexibility index (Phi) is 6.21. The Balaban J connectivity index is 1.87. The molecule has 12 nitrogen and oxygen atoms in total. The molecule has 0 aliphatic carbocycles. The van der Waals surface area contributed by atoms with Crippen molar-refractivity contribution in [3.8, 4) is 0 Å². The van der Waals surface area contributed by atoms with Gasteiger partial charge in [0, 0.05) is 24.4 Å². The predicted octanol–water partition coefficient (Wildman–Crippen LogP) is 3.47. The van der Waals surface area contributed by atoms with E-state index in [-0.39, 0.29) is 22.2 Å². The largest absolute Gasteiger partial charge is 0.355 e. The van der Waals surface area contributed by atoms with E-state index in [1.54, 1.807) is 37.4 Å². The lowest BCUT2D eigenvalue weighted by Crippen LogP contribution is -2.30. The maximum atomic E-state index is 12.4. The highest BCUT2D eigenvalue weighted by molar-refractivity contribution is 6.32. The molecule has 158 valence electrons. The lowest BCUT2D eigenvalue weighted by Gasteiger charge is -2.18. The maximum Gasteiger partial charge on any atom is 0.355 e. The summed E-state index contributed by atoms with van der Waals surface area (Å²) >= 11 is 5.74. The van der Waals surface area contributed by atoms with Gasteiger partial charge < -0.3 is 4.90 Å². The Morgan fingerprint density at radius 1 is 1.06 bits per heavy atom. The number of nitro groups is 2. The van der Waals surface area contributed by atoms with Gasteiger partial charge in [-0.2, -0.15) is 0 Å². The molecule has 0 unspecified atom stereocenters. The topological polar surface area (TPSA) is 156 Å². The molecule has 0 aliphatic rings. The number of nitrogens with one attached hydrogen (secondary N) is 2. The fourth-order valence-corrected chi connectivity index (χ4v) is 2.82. The van der Waals surface area contributed by atoms with E-state index < -0.39 is 27.1 Å². The van der Waals surface area contributed by atoms with E-state index in [4.69, 9.17) is 11.6 Å². The number of carbonyl (C=O) groups is 1. The standard InChI is InChI=1S/C18H14ClN7O5/c1-24(12-5-3-2-4-6-12)17-15(26(30)31)16(20-10-21-17)22-23-18(27)11-7-8-13(19)14(9-11)25(28)29/h2-10H,1H3,(H,23,27)(H,20,21,22). The molecule has 0 atom stereocenters. The van der Waals surface area contributed by atoms with Gasteiger partial charge in [0.05, 0.1) is 9.85 Å². The van der Waals surface area contributed by atoms with Gasteiger partial charge in [-0.25, -0.2) is 9.97 Å². The van der Waals surface area contributed by atoms with Gasteiger partial charge in [0.2, 0.25) is 11.6 Å². The molecular weight excluding hydrogens is 430 g/mol. The second-order valence-corrected chi connectivity index (χ2v) is 6.46. The fourth-order valence-electron chi connectivity index (χ4n) is 2.63. The van der Waals surface area contributed by atoms with Crippen molar-refractivity contribution in [1.82, 2.24) is 15.4 Å². The molecule has 0 spiro atoms. The van der Waals surface area contributed by atoms with Crippen molar-refractivity contribution in [2.24, 2.45) is 0 Å². The van der Waals surface area contributed by atoms with Crippen molar-refractivity contribution in [1.29, 1.82) is 0 Å². The smallest absolute Gasteiger partial charge is 0.324 e. The minimum Gasteiger partial charge on any atom is -0.324 e. The summed E-state index contributed by atoms with van der Waals surface area (Å²) < 4.78 is 0. The van der Waals surface area contributed by atoms with Gasteiger partial charge in [-0.05, 0) is 24.3 Å². The van der Waals surface area contributed by atoms with Crippen LogP contribution in [-0.4, -0.2) is 32.8 Å². The highest BCUT2D eigenvalue weighted by Crippen LogP contribution is 2.34. The Hall–Kier alpha value is -4.32. The lowest BCUT2D eigenvalue weighted by molar-refractivity contribution is -0.384. The molecule has 1 aromatic heterocycles. The van der Waals surface area contributed by atoms with Gasteiger partial charge in [0.1, 0.15) is 11.3 Å². The Labute approximate surface area is 179 Å². The van der Waals surface area contributed by atoms with E-state index in [1.807, 2.05) is 0 Å². The minimum absolute atomic E-state index is 0.00919. The third kappa shape index (κ3) is 4.64. The molecule has 0 bridgehead atoms. The van der Waals surface area contributed by atoms with Crippen LogP contribution in [0.15, 0.2) is 54.9 Å². The molecule has 3 rings (SSSR count). The van der Waals surface area contributed by atoms with Crippen molar-refractivity contribution >= 4 is 46.2 Å². The van der Waals surface area contributed by atoms with Gasteiger partial charge in [0.25, 0.3) is 11.6 Å². The van der Waals surface area contributed by atoms with Crippen molar-refractivity contribution in [2.45, 2.75) is 0 Å². The summed E-state index contributed by atoms with van der Waals surface area (Å²) in [5.74, 6) is -1.06. The number of benzene rings is 2. The zero-order valence-electron chi connectivity index (χ0n) is 15.9. The van der Waals surface area contributed by atoms with E-state index in [2.05, 4.69) is 20.8 Å². The van der Waals surface area contributed by atoms with Crippen molar-refractivity contribution in [2.75, 3.05) is 17.4 Å². The quantitative estimate of drug-likeness (QED) is 0.412. The van der Waals surface area contributed by atoms with Gasteiger partial charge in [-0.15, -0.1) is 0 Å². The van der Waals surface area contributed by atoms with Gasteiger partial charge in [0.15, 0.2) is 0 Å². The molecule has 13 heteroatoms. The summed E-state index contributed by atoms with van der Waals surface area (Å²) in [5, 5.41) is 22.6. The monoisotopic (exact) mass is 443 g/mol. The number of anilines is 3. The number of aromatic nitrogens is 2. The summed E-state index contributed by atoms with van der Waals surface area (Å²) in [6.07, 6.45) is 1.10. The van der Waals surface area contributed by atoms with E-state index in [0.717, 1.165) is 12.4 Å². The van der Waals surface area contributed by atoms with Crippen molar-refractivity contribution in [3.05, 3.63) is 85.7 Å². The number of nitrogens with zero attached hydrogens (tertiary/aromatic N) is 5. The first kappa shape index (κ1) is 21.4. The number of halogens is 1. The SMILES string of the molecule is CN(c1ccccc1)c1ncnc(NNC(=O)c2ccc(Cl)c([N+](=O)[O-])c2)c1[N+](=O)[O-]. The second kappa shape index (κ2) is 9.00. The highest BCUT2D eigenvalue weighted by atomic mass is 35.5. The van der Waals surface area contributed by atoms with Gasteiger partial charge >= 0.3 is 5.69 Å². The summed E-state index contributed by atoms with van der Waals surface area (Å²) in [7, 11) is 1.60. The van der Waals surface area contributed by atoms with Crippen molar-refractivity contribution in [3.63, 3.8) is 0 Å². The minimum atomic E-state index is -0.786. The Morgan fingerprint density at radius 2 is 1.77 bits per heavy atom. The fraction of sp³-hybridized carbons (Fsp3) is 0.0556. The summed E-state index contributed by atoms with van der Waals surface area (Å²) in [4.78, 5) is 43.0. The van der Waals surface area contributed by atoms with Crippen molar-refractivity contribution < 1.29 is 14.6 Å². The number of hydrazine groups is 1. The third-order valence-corrected chi connectivity index (χ3v) is 4.47.